The van der Waals surface area contributed by atoms with Gasteiger partial charge in [0.2, 0.25) is 0 Å². The Morgan fingerprint density at radius 2 is 1.77 bits per heavy atom. The largest absolute Gasteiger partial charge is 0.491 e. The number of methoxy groups -OCH3 is 1. The van der Waals surface area contributed by atoms with Gasteiger partial charge < -0.3 is 14.8 Å². The van der Waals surface area contributed by atoms with Crippen LogP contribution in [0.3, 0.4) is 0 Å². The normalized spacial score (nSPS) is 10.6. The van der Waals surface area contributed by atoms with E-state index in [9.17, 15) is 4.79 Å². The maximum atomic E-state index is 12.3. The lowest BCUT2D eigenvalue weighted by Crippen LogP contribution is -2.20. The minimum absolute atomic E-state index is 0.136. The molecule has 0 radical (unpaired) electrons. The second kappa shape index (κ2) is 10.8. The number of aromatic nitrogens is 3. The molecule has 2 aromatic heterocycles. The fraction of sp³-hybridized carbons (Fsp3) is 0.304. The fourth-order valence-electron chi connectivity index (χ4n) is 2.87. The van der Waals surface area contributed by atoms with Gasteiger partial charge in [0.25, 0.3) is 5.91 Å². The van der Waals surface area contributed by atoms with Crippen LogP contribution in [0.25, 0.3) is 0 Å². The average Bonchev–Trinajstić information content (AvgIpc) is 2.76. The molecule has 3 rings (SSSR count). The van der Waals surface area contributed by atoms with E-state index in [1.807, 2.05) is 44.2 Å². The number of nitrogens with zero attached hydrogens (tertiary/aromatic N) is 3. The van der Waals surface area contributed by atoms with Gasteiger partial charge in [-0.2, -0.15) is 0 Å². The molecular weight excluding hydrogens is 412 g/mol. The van der Waals surface area contributed by atoms with Gasteiger partial charge in [-0.15, -0.1) is 0 Å². The van der Waals surface area contributed by atoms with Gasteiger partial charge in [0.05, 0.1) is 19.0 Å². The number of pyridine rings is 1. The fourth-order valence-corrected chi connectivity index (χ4v) is 3.72. The SMILES string of the molecule is CCc1ccc(NC(=O)COc2cc(CSc3nc(C)cc(C)n3)ncc2OC)cc1. The molecule has 162 valence electrons. The zero-order chi connectivity index (χ0) is 22.2. The van der Waals surface area contributed by atoms with Gasteiger partial charge in [0.15, 0.2) is 23.3 Å². The number of carbonyl (C=O) groups is 1. The highest BCUT2D eigenvalue weighted by molar-refractivity contribution is 7.98. The molecule has 7 nitrogen and oxygen atoms in total. The summed E-state index contributed by atoms with van der Waals surface area (Å²) < 4.78 is 11.0. The first-order chi connectivity index (χ1) is 15.0. The van der Waals surface area contributed by atoms with Gasteiger partial charge >= 0.3 is 0 Å². The average molecular weight is 439 g/mol. The van der Waals surface area contributed by atoms with Crippen LogP contribution in [-0.4, -0.2) is 34.6 Å². The molecule has 31 heavy (non-hydrogen) atoms. The van der Waals surface area contributed by atoms with Crippen LogP contribution in [0.4, 0.5) is 5.69 Å². The minimum atomic E-state index is -0.248. The number of hydrogen-bond acceptors (Lipinski definition) is 7. The van der Waals surface area contributed by atoms with Crippen molar-refractivity contribution in [1.29, 1.82) is 0 Å². The highest BCUT2D eigenvalue weighted by Crippen LogP contribution is 2.29. The van der Waals surface area contributed by atoms with Gasteiger partial charge in [0, 0.05) is 28.9 Å². The lowest BCUT2D eigenvalue weighted by Gasteiger charge is -2.12. The van der Waals surface area contributed by atoms with Gasteiger partial charge in [0.1, 0.15) is 0 Å². The molecule has 0 atom stereocenters. The molecule has 0 saturated carbocycles. The molecule has 1 N–H and O–H groups in total. The number of anilines is 1. The third-order valence-corrected chi connectivity index (χ3v) is 5.30. The summed E-state index contributed by atoms with van der Waals surface area (Å²) in [5, 5.41) is 3.53. The van der Waals surface area contributed by atoms with E-state index < -0.39 is 0 Å². The topological polar surface area (TPSA) is 86.2 Å². The Morgan fingerprint density at radius 1 is 1.06 bits per heavy atom. The number of ether oxygens (including phenoxy) is 2. The lowest BCUT2D eigenvalue weighted by atomic mass is 10.1. The van der Waals surface area contributed by atoms with Crippen LogP contribution in [-0.2, 0) is 17.0 Å². The zero-order valence-electron chi connectivity index (χ0n) is 18.1. The van der Waals surface area contributed by atoms with Crippen molar-refractivity contribution in [3.8, 4) is 11.5 Å². The summed E-state index contributed by atoms with van der Waals surface area (Å²) in [6.45, 7) is 5.84. The van der Waals surface area contributed by atoms with E-state index in [0.29, 0.717) is 22.4 Å². The smallest absolute Gasteiger partial charge is 0.262 e. The first-order valence-electron chi connectivity index (χ1n) is 9.96. The number of hydrogen-bond donors (Lipinski definition) is 1. The molecule has 0 spiro atoms. The quantitative estimate of drug-likeness (QED) is 0.392. The van der Waals surface area contributed by atoms with Crippen LogP contribution < -0.4 is 14.8 Å². The van der Waals surface area contributed by atoms with Crippen LogP contribution in [0.5, 0.6) is 11.5 Å². The van der Waals surface area contributed by atoms with Gasteiger partial charge in [-0.25, -0.2) is 9.97 Å². The highest BCUT2D eigenvalue weighted by Gasteiger charge is 2.11. The van der Waals surface area contributed by atoms with Crippen LogP contribution in [0.15, 0.2) is 47.8 Å². The van der Waals surface area contributed by atoms with E-state index in [-0.39, 0.29) is 12.5 Å². The summed E-state index contributed by atoms with van der Waals surface area (Å²) in [7, 11) is 1.54. The maximum absolute atomic E-state index is 12.3. The van der Waals surface area contributed by atoms with E-state index >= 15 is 0 Å². The van der Waals surface area contributed by atoms with E-state index in [2.05, 4.69) is 27.2 Å². The molecule has 0 aliphatic rings. The minimum Gasteiger partial charge on any atom is -0.491 e. The number of aryl methyl sites for hydroxylation is 3. The number of rotatable bonds is 9. The van der Waals surface area contributed by atoms with Gasteiger partial charge in [-0.05, 0) is 44.0 Å². The third kappa shape index (κ3) is 6.68. The summed E-state index contributed by atoms with van der Waals surface area (Å²) in [5.74, 6) is 1.25. The Balaban J connectivity index is 1.61. The van der Waals surface area contributed by atoms with E-state index in [1.165, 1.54) is 24.4 Å². The molecule has 1 amide bonds. The van der Waals surface area contributed by atoms with Crippen molar-refractivity contribution in [2.24, 2.45) is 0 Å². The van der Waals surface area contributed by atoms with Crippen LogP contribution in [0.2, 0.25) is 0 Å². The molecule has 0 saturated heterocycles. The summed E-state index contributed by atoms with van der Waals surface area (Å²) >= 11 is 1.49. The van der Waals surface area contributed by atoms with Crippen molar-refractivity contribution < 1.29 is 14.3 Å². The molecule has 0 aliphatic heterocycles. The zero-order valence-corrected chi connectivity index (χ0v) is 19.0. The second-order valence-corrected chi connectivity index (χ2v) is 7.88. The van der Waals surface area contributed by atoms with Crippen LogP contribution in [0, 0.1) is 13.8 Å². The molecule has 0 bridgehead atoms. The molecule has 0 aliphatic carbocycles. The Kier molecular flexibility index (Phi) is 7.83. The number of thioether (sulfide) groups is 1. The maximum Gasteiger partial charge on any atom is 0.262 e. The van der Waals surface area contributed by atoms with Crippen LogP contribution in [0.1, 0.15) is 29.6 Å². The van der Waals surface area contributed by atoms with E-state index in [0.717, 1.165) is 29.2 Å². The Hall–Kier alpha value is -3.13. The third-order valence-electron chi connectivity index (χ3n) is 4.42. The number of benzene rings is 1. The van der Waals surface area contributed by atoms with Crippen molar-refractivity contribution in [2.45, 2.75) is 38.1 Å². The number of carbonyl (C=O) groups excluding carboxylic acids is 1. The van der Waals surface area contributed by atoms with E-state index in [1.54, 1.807) is 12.3 Å². The number of nitrogens with one attached hydrogen (secondary N) is 1. The van der Waals surface area contributed by atoms with Gasteiger partial charge in [-0.3, -0.25) is 9.78 Å². The lowest BCUT2D eigenvalue weighted by molar-refractivity contribution is -0.118. The van der Waals surface area contributed by atoms with Crippen molar-refractivity contribution in [1.82, 2.24) is 15.0 Å². The summed E-state index contributed by atoms with van der Waals surface area (Å²) in [6.07, 6.45) is 2.55. The first kappa shape index (κ1) is 22.6. The molecule has 1 aromatic carbocycles. The second-order valence-electron chi connectivity index (χ2n) is 6.94. The Morgan fingerprint density at radius 3 is 2.42 bits per heavy atom. The van der Waals surface area contributed by atoms with E-state index in [4.69, 9.17) is 9.47 Å². The molecular formula is C23H26N4O3S. The first-order valence-corrected chi connectivity index (χ1v) is 10.9. The molecule has 8 heteroatoms. The monoisotopic (exact) mass is 438 g/mol. The Bertz CT molecular complexity index is 1020. The van der Waals surface area contributed by atoms with Crippen molar-refractivity contribution in [3.05, 3.63) is 65.2 Å². The van der Waals surface area contributed by atoms with Crippen molar-refractivity contribution in [2.75, 3.05) is 19.0 Å². The number of amides is 1. The van der Waals surface area contributed by atoms with Crippen molar-refractivity contribution >= 4 is 23.4 Å². The van der Waals surface area contributed by atoms with Crippen molar-refractivity contribution in [3.63, 3.8) is 0 Å². The van der Waals surface area contributed by atoms with Crippen LogP contribution >= 0.6 is 11.8 Å². The summed E-state index contributed by atoms with van der Waals surface area (Å²) in [4.78, 5) is 25.5. The summed E-state index contributed by atoms with van der Waals surface area (Å²) in [6, 6.07) is 11.5. The highest BCUT2D eigenvalue weighted by atomic mass is 32.2. The molecule has 0 fully saturated rings. The standard InChI is InChI=1S/C23H26N4O3S/c1-5-17-6-8-18(9-7-17)27-22(28)13-30-20-11-19(24-12-21(20)29-4)14-31-23-25-15(2)10-16(3)26-23/h6-12H,5,13-14H2,1-4H3,(H,27,28). The summed E-state index contributed by atoms with van der Waals surface area (Å²) in [5.41, 5.74) is 4.58. The Labute approximate surface area is 186 Å². The molecule has 2 heterocycles. The van der Waals surface area contributed by atoms with Gasteiger partial charge in [-0.1, -0.05) is 30.8 Å². The predicted molar refractivity (Wildman–Crippen MR) is 122 cm³/mol. The molecule has 3 aromatic rings. The molecule has 0 unspecified atom stereocenters. The predicted octanol–water partition coefficient (Wildman–Crippen LogP) is 4.37.